The van der Waals surface area contributed by atoms with Crippen LogP contribution in [0, 0.1) is 0 Å². The molecule has 2 atom stereocenters. The molecule has 32 heavy (non-hydrogen) atoms. The molecule has 0 aliphatic rings. The summed E-state index contributed by atoms with van der Waals surface area (Å²) in [5.74, 6) is -0.475. The van der Waals surface area contributed by atoms with Gasteiger partial charge in [-0.15, -0.1) is 0 Å². The lowest BCUT2D eigenvalue weighted by molar-refractivity contribution is 0.118. The van der Waals surface area contributed by atoms with E-state index in [2.05, 4.69) is 0 Å². The molecule has 3 aromatic carbocycles. The number of primary amides is 1. The van der Waals surface area contributed by atoms with Crippen LogP contribution in [-0.2, 0) is 14.6 Å². The fraction of sp³-hybridized carbons (Fsp3) is 0.174. The first-order valence-corrected chi connectivity index (χ1v) is 11.5. The first kappa shape index (κ1) is 23.6. The zero-order chi connectivity index (χ0) is 23.3. The number of hydrogen-bond donors (Lipinski definition) is 3. The fourth-order valence-corrected chi connectivity index (χ4v) is 4.74. The van der Waals surface area contributed by atoms with Crippen molar-refractivity contribution in [2.24, 2.45) is 5.73 Å². The smallest absolute Gasteiger partial charge is 0.404 e. The quantitative estimate of drug-likeness (QED) is 0.448. The molecule has 0 radical (unpaired) electrons. The van der Waals surface area contributed by atoms with Crippen LogP contribution < -0.4 is 5.73 Å². The van der Waals surface area contributed by atoms with Crippen LogP contribution >= 0.6 is 11.6 Å². The van der Waals surface area contributed by atoms with E-state index in [-0.39, 0.29) is 28.6 Å². The van der Waals surface area contributed by atoms with Crippen LogP contribution in [0.4, 0.5) is 4.79 Å². The predicted octanol–water partition coefficient (Wildman–Crippen LogP) is 4.18. The van der Waals surface area contributed by atoms with Gasteiger partial charge in [-0.1, -0.05) is 35.9 Å². The van der Waals surface area contributed by atoms with Crippen LogP contribution in [0.3, 0.4) is 0 Å². The molecule has 0 fully saturated rings. The SMILES string of the molecule is NC(=O)OC[C@H](CC(O)c1cccc(Cl)c1)c1ccc(S(=O)(=O)c2ccc(O)cc2)cc1. The highest BCUT2D eigenvalue weighted by molar-refractivity contribution is 7.91. The molecular formula is C23H22ClNO6S. The van der Waals surface area contributed by atoms with Gasteiger partial charge in [-0.3, -0.25) is 0 Å². The summed E-state index contributed by atoms with van der Waals surface area (Å²) in [6.07, 6.45) is -1.65. The van der Waals surface area contributed by atoms with Crippen molar-refractivity contribution >= 4 is 27.5 Å². The van der Waals surface area contributed by atoms with Gasteiger partial charge >= 0.3 is 6.09 Å². The second-order valence-corrected chi connectivity index (χ2v) is 9.59. The molecule has 0 aliphatic heterocycles. The summed E-state index contributed by atoms with van der Waals surface area (Å²) in [6.45, 7) is -0.0863. The summed E-state index contributed by atoms with van der Waals surface area (Å²) < 4.78 is 30.6. The largest absolute Gasteiger partial charge is 0.508 e. The van der Waals surface area contributed by atoms with Gasteiger partial charge in [-0.05, 0) is 66.1 Å². The second kappa shape index (κ2) is 10.0. The van der Waals surface area contributed by atoms with Crippen molar-refractivity contribution in [1.82, 2.24) is 0 Å². The Balaban J connectivity index is 1.85. The number of hydrogen-bond acceptors (Lipinski definition) is 6. The minimum absolute atomic E-state index is 0.0325. The molecule has 0 saturated heterocycles. The van der Waals surface area contributed by atoms with Crippen molar-refractivity contribution in [1.29, 1.82) is 0 Å². The Morgan fingerprint density at radius 1 is 0.969 bits per heavy atom. The molecule has 4 N–H and O–H groups in total. The minimum Gasteiger partial charge on any atom is -0.508 e. The number of sulfone groups is 1. The highest BCUT2D eigenvalue weighted by atomic mass is 35.5. The lowest BCUT2D eigenvalue weighted by atomic mass is 9.91. The van der Waals surface area contributed by atoms with Crippen molar-refractivity contribution in [2.75, 3.05) is 6.61 Å². The maximum absolute atomic E-state index is 12.8. The van der Waals surface area contributed by atoms with Crippen LogP contribution in [0.25, 0.3) is 0 Å². The first-order chi connectivity index (χ1) is 15.2. The number of amides is 1. The molecule has 3 aromatic rings. The number of aliphatic hydroxyl groups excluding tert-OH is 1. The van der Waals surface area contributed by atoms with E-state index in [1.807, 2.05) is 0 Å². The lowest BCUT2D eigenvalue weighted by Gasteiger charge is -2.21. The van der Waals surface area contributed by atoms with Crippen LogP contribution in [0.1, 0.15) is 29.6 Å². The van der Waals surface area contributed by atoms with Gasteiger partial charge in [-0.2, -0.15) is 0 Å². The number of aromatic hydroxyl groups is 1. The van der Waals surface area contributed by atoms with E-state index >= 15 is 0 Å². The van der Waals surface area contributed by atoms with Crippen LogP contribution in [-0.4, -0.2) is 31.3 Å². The van der Waals surface area contributed by atoms with E-state index < -0.39 is 28.0 Å². The monoisotopic (exact) mass is 475 g/mol. The van der Waals surface area contributed by atoms with Crippen molar-refractivity contribution in [2.45, 2.75) is 28.2 Å². The van der Waals surface area contributed by atoms with E-state index in [0.717, 1.165) is 0 Å². The third-order valence-corrected chi connectivity index (χ3v) is 7.00. The molecule has 1 unspecified atom stereocenters. The van der Waals surface area contributed by atoms with Crippen molar-refractivity contribution in [3.63, 3.8) is 0 Å². The van der Waals surface area contributed by atoms with Gasteiger partial charge in [0.2, 0.25) is 9.84 Å². The summed E-state index contributed by atoms with van der Waals surface area (Å²) in [7, 11) is -3.78. The Kier molecular flexibility index (Phi) is 7.40. The molecule has 9 heteroatoms. The first-order valence-electron chi connectivity index (χ1n) is 9.66. The van der Waals surface area contributed by atoms with Crippen LogP contribution in [0.5, 0.6) is 5.75 Å². The lowest BCUT2D eigenvalue weighted by Crippen LogP contribution is -2.19. The molecule has 0 aliphatic carbocycles. The normalized spacial score (nSPS) is 13.3. The molecule has 7 nitrogen and oxygen atoms in total. The second-order valence-electron chi connectivity index (χ2n) is 7.20. The fourth-order valence-electron chi connectivity index (χ4n) is 3.28. The molecule has 0 spiro atoms. The standard InChI is InChI=1S/C23H22ClNO6S/c24-18-3-1-2-16(12-18)22(27)13-17(14-31-23(25)28)15-4-8-20(9-5-15)32(29,30)21-10-6-19(26)7-11-21/h1-12,17,22,26-27H,13-14H2,(H2,25,28)/t17-,22?/m0/s1. The number of halogens is 1. The number of nitrogens with two attached hydrogens (primary N) is 1. The third-order valence-electron chi connectivity index (χ3n) is 4.98. The molecule has 0 saturated carbocycles. The third kappa shape index (κ3) is 5.79. The maximum atomic E-state index is 12.8. The zero-order valence-corrected chi connectivity index (χ0v) is 18.5. The summed E-state index contributed by atoms with van der Waals surface area (Å²) in [6, 6.07) is 18.1. The number of phenols is 1. The number of carbonyl (C=O) groups excluding carboxylic acids is 1. The average Bonchev–Trinajstić information content (AvgIpc) is 2.76. The van der Waals surface area contributed by atoms with Gasteiger partial charge < -0.3 is 20.7 Å². The maximum Gasteiger partial charge on any atom is 0.404 e. The molecule has 0 aromatic heterocycles. The molecule has 168 valence electrons. The summed E-state index contributed by atoms with van der Waals surface area (Å²) >= 11 is 6.00. The number of ether oxygens (including phenoxy) is 1. The van der Waals surface area contributed by atoms with E-state index in [9.17, 15) is 23.4 Å². The zero-order valence-electron chi connectivity index (χ0n) is 16.9. The number of benzene rings is 3. The van der Waals surface area contributed by atoms with Gasteiger partial charge in [0.25, 0.3) is 0 Å². The van der Waals surface area contributed by atoms with Crippen molar-refractivity contribution < 1.29 is 28.2 Å². The van der Waals surface area contributed by atoms with Gasteiger partial charge in [-0.25, -0.2) is 13.2 Å². The molecule has 1 amide bonds. The van der Waals surface area contributed by atoms with Crippen LogP contribution in [0.15, 0.2) is 82.6 Å². The molecule has 0 heterocycles. The van der Waals surface area contributed by atoms with E-state index in [0.29, 0.717) is 16.1 Å². The van der Waals surface area contributed by atoms with Crippen LogP contribution in [0.2, 0.25) is 5.02 Å². The Morgan fingerprint density at radius 2 is 1.56 bits per heavy atom. The Bertz CT molecular complexity index is 1180. The molecule has 3 rings (SSSR count). The Morgan fingerprint density at radius 3 is 2.12 bits per heavy atom. The number of aliphatic hydroxyl groups is 1. The average molecular weight is 476 g/mol. The number of phenolic OH excluding ortho intramolecular Hbond substituents is 1. The number of rotatable bonds is 8. The van der Waals surface area contributed by atoms with Crippen molar-refractivity contribution in [3.05, 3.63) is 88.9 Å². The molecular weight excluding hydrogens is 454 g/mol. The highest BCUT2D eigenvalue weighted by Crippen LogP contribution is 2.31. The van der Waals surface area contributed by atoms with Crippen molar-refractivity contribution in [3.8, 4) is 5.75 Å². The highest BCUT2D eigenvalue weighted by Gasteiger charge is 2.22. The van der Waals surface area contributed by atoms with Gasteiger partial charge in [0.15, 0.2) is 0 Å². The summed E-state index contributed by atoms with van der Waals surface area (Å²) in [5, 5.41) is 20.5. The Labute approximate surface area is 191 Å². The summed E-state index contributed by atoms with van der Waals surface area (Å²) in [5.41, 5.74) is 6.37. The Hall–Kier alpha value is -3.07. The van der Waals surface area contributed by atoms with Gasteiger partial charge in [0, 0.05) is 10.9 Å². The van der Waals surface area contributed by atoms with E-state index in [4.69, 9.17) is 22.1 Å². The minimum atomic E-state index is -3.78. The molecule has 0 bridgehead atoms. The topological polar surface area (TPSA) is 127 Å². The van der Waals surface area contributed by atoms with Gasteiger partial charge in [0.05, 0.1) is 15.9 Å². The summed E-state index contributed by atoms with van der Waals surface area (Å²) in [4.78, 5) is 11.2. The predicted molar refractivity (Wildman–Crippen MR) is 119 cm³/mol. The number of carbonyl (C=O) groups is 1. The van der Waals surface area contributed by atoms with E-state index in [1.54, 1.807) is 36.4 Å². The van der Waals surface area contributed by atoms with Gasteiger partial charge in [0.1, 0.15) is 12.4 Å². The van der Waals surface area contributed by atoms with E-state index in [1.165, 1.54) is 36.4 Å².